The predicted molar refractivity (Wildman–Crippen MR) is 75.3 cm³/mol. The van der Waals surface area contributed by atoms with Crippen LogP contribution in [0.25, 0.3) is 0 Å². The number of sulfonamides is 1. The summed E-state index contributed by atoms with van der Waals surface area (Å²) in [7, 11) is -0.231. The van der Waals surface area contributed by atoms with Crippen molar-refractivity contribution in [1.29, 1.82) is 0 Å². The Morgan fingerprint density at radius 3 is 2.68 bits per heavy atom. The van der Waals surface area contributed by atoms with Crippen LogP contribution in [0.3, 0.4) is 0 Å². The topological polar surface area (TPSA) is 64.6 Å². The zero-order chi connectivity index (χ0) is 13.9. The summed E-state index contributed by atoms with van der Waals surface area (Å²) >= 11 is 0. The predicted octanol–water partition coefficient (Wildman–Crippen LogP) is -0.589. The van der Waals surface area contributed by atoms with Crippen molar-refractivity contribution in [3.05, 3.63) is 18.2 Å². The largest absolute Gasteiger partial charge is 0.495 e. The highest BCUT2D eigenvalue weighted by Gasteiger charge is 2.24. The normalized spacial score (nSPS) is 17.3. The lowest BCUT2D eigenvalue weighted by atomic mass is 9.97. The number of hydrogen-bond donors (Lipinski definition) is 1. The fourth-order valence-corrected chi connectivity index (χ4v) is 3.65. The van der Waals surface area contributed by atoms with E-state index in [1.807, 2.05) is 13.9 Å². The molecule has 1 aromatic carbocycles. The monoisotopic (exact) mass is 283 g/mol. The van der Waals surface area contributed by atoms with Crippen LogP contribution >= 0.6 is 0 Å². The van der Waals surface area contributed by atoms with E-state index in [1.54, 1.807) is 12.1 Å². The van der Waals surface area contributed by atoms with Crippen LogP contribution in [0.5, 0.6) is 5.75 Å². The van der Waals surface area contributed by atoms with Gasteiger partial charge in [-0.3, -0.25) is 0 Å². The number of ether oxygens (including phenoxy) is 2. The number of benzene rings is 1. The van der Waals surface area contributed by atoms with Crippen LogP contribution in [0.1, 0.15) is 12.8 Å². The van der Waals surface area contributed by atoms with Gasteiger partial charge in [0.15, 0.2) is 0 Å². The Bertz CT molecular complexity index is 541. The first-order chi connectivity index (χ1) is 9.03. The lowest BCUT2D eigenvalue weighted by molar-refractivity contribution is 0.0832. The van der Waals surface area contributed by atoms with Crippen molar-refractivity contribution in [3.63, 3.8) is 0 Å². The van der Waals surface area contributed by atoms with Gasteiger partial charge in [-0.05, 0) is 25.0 Å². The van der Waals surface area contributed by atoms with Gasteiger partial charge in [0.1, 0.15) is 18.5 Å². The summed E-state index contributed by atoms with van der Waals surface area (Å²) in [6.45, 7) is 1.19. The highest BCUT2D eigenvalue weighted by molar-refractivity contribution is 7.89. The number of hydrogen-bond acceptors (Lipinski definition) is 4. The first kappa shape index (κ1) is 14.4. The number of nitrogens with one attached hydrogen (secondary N) is 1. The van der Waals surface area contributed by atoms with Gasteiger partial charge in [-0.15, -0.1) is 0 Å². The molecular formula is C12H18BNO4S. The third-order valence-electron chi connectivity index (χ3n) is 3.15. The van der Waals surface area contributed by atoms with Gasteiger partial charge in [0.2, 0.25) is 10.0 Å². The summed E-state index contributed by atoms with van der Waals surface area (Å²) in [5.41, 5.74) is 0.883. The fourth-order valence-electron chi connectivity index (χ4n) is 2.09. The van der Waals surface area contributed by atoms with Crippen molar-refractivity contribution in [2.24, 2.45) is 0 Å². The van der Waals surface area contributed by atoms with Gasteiger partial charge < -0.3 is 9.47 Å². The molecule has 1 N–H and O–H groups in total. The highest BCUT2D eigenvalue weighted by Crippen LogP contribution is 2.22. The Balaban J connectivity index is 2.25. The molecule has 1 aliphatic heterocycles. The molecule has 1 saturated heterocycles. The molecule has 1 aliphatic rings. The van der Waals surface area contributed by atoms with Gasteiger partial charge in [0, 0.05) is 19.3 Å². The molecule has 0 atom stereocenters. The first-order valence-corrected chi connectivity index (χ1v) is 7.76. The van der Waals surface area contributed by atoms with Crippen molar-refractivity contribution in [2.45, 2.75) is 23.8 Å². The Morgan fingerprint density at radius 2 is 2.05 bits per heavy atom. The lowest BCUT2D eigenvalue weighted by Gasteiger charge is -2.23. The molecular weight excluding hydrogens is 265 g/mol. The average molecular weight is 283 g/mol. The molecule has 0 amide bonds. The van der Waals surface area contributed by atoms with Crippen molar-refractivity contribution >= 4 is 23.3 Å². The van der Waals surface area contributed by atoms with Gasteiger partial charge >= 0.3 is 0 Å². The van der Waals surface area contributed by atoms with Crippen LogP contribution in [0.4, 0.5) is 0 Å². The zero-order valence-electron chi connectivity index (χ0n) is 11.2. The van der Waals surface area contributed by atoms with E-state index in [0.29, 0.717) is 31.8 Å². The molecule has 0 bridgehead atoms. The van der Waals surface area contributed by atoms with E-state index in [2.05, 4.69) is 4.72 Å². The van der Waals surface area contributed by atoms with Crippen molar-refractivity contribution in [1.82, 2.24) is 4.72 Å². The molecule has 7 heteroatoms. The van der Waals surface area contributed by atoms with Crippen LogP contribution in [0.15, 0.2) is 23.1 Å². The van der Waals surface area contributed by atoms with Crippen LogP contribution in [-0.4, -0.2) is 42.6 Å². The molecule has 1 aromatic rings. The summed E-state index contributed by atoms with van der Waals surface area (Å²) in [5, 5.41) is 0. The summed E-state index contributed by atoms with van der Waals surface area (Å²) in [4.78, 5) is 0.196. The summed E-state index contributed by atoms with van der Waals surface area (Å²) in [5.74, 6) is 0.366. The van der Waals surface area contributed by atoms with Crippen LogP contribution in [0, 0.1) is 0 Å². The first-order valence-electron chi connectivity index (χ1n) is 6.27. The molecule has 2 rings (SSSR count). The van der Waals surface area contributed by atoms with Gasteiger partial charge in [-0.1, -0.05) is 11.5 Å². The minimum absolute atomic E-state index is 0.0658. The lowest BCUT2D eigenvalue weighted by Crippen LogP contribution is -2.39. The summed E-state index contributed by atoms with van der Waals surface area (Å²) in [6.07, 6.45) is 1.40. The third-order valence-corrected chi connectivity index (χ3v) is 4.69. The SMILES string of the molecule is Bc1ccc(OC)c(S(=O)(=O)NC2CCOCC2)c1. The molecule has 1 fully saturated rings. The second-order valence-electron chi connectivity index (χ2n) is 4.66. The van der Waals surface area contributed by atoms with E-state index in [4.69, 9.17) is 9.47 Å². The molecule has 5 nitrogen and oxygen atoms in total. The Hall–Kier alpha value is -1.05. The van der Waals surface area contributed by atoms with Gasteiger partial charge in [-0.2, -0.15) is 0 Å². The standard InChI is InChI=1S/C12H18BNO4S/c1-17-11-3-2-9(13)8-12(11)19(15,16)14-10-4-6-18-7-5-10/h2-3,8,10,14H,4-7,13H2,1H3. The molecule has 19 heavy (non-hydrogen) atoms. The molecule has 0 saturated carbocycles. The number of rotatable bonds is 4. The smallest absolute Gasteiger partial charge is 0.244 e. The minimum Gasteiger partial charge on any atom is -0.495 e. The molecule has 104 valence electrons. The summed E-state index contributed by atoms with van der Waals surface area (Å²) < 4.78 is 37.9. The summed E-state index contributed by atoms with van der Waals surface area (Å²) in [6, 6.07) is 5.06. The minimum atomic E-state index is -3.56. The zero-order valence-corrected chi connectivity index (χ0v) is 12.0. The van der Waals surface area contributed by atoms with Gasteiger partial charge in [-0.25, -0.2) is 13.1 Å². The number of methoxy groups -OCH3 is 1. The van der Waals surface area contributed by atoms with E-state index in [1.165, 1.54) is 7.11 Å². The van der Waals surface area contributed by atoms with Gasteiger partial charge in [0.25, 0.3) is 0 Å². The molecule has 0 aliphatic carbocycles. The highest BCUT2D eigenvalue weighted by atomic mass is 32.2. The van der Waals surface area contributed by atoms with Crippen molar-refractivity contribution in [2.75, 3.05) is 20.3 Å². The van der Waals surface area contributed by atoms with Crippen LogP contribution < -0.4 is 14.9 Å². The molecule has 0 radical (unpaired) electrons. The van der Waals surface area contributed by atoms with Crippen LogP contribution in [-0.2, 0) is 14.8 Å². The van der Waals surface area contributed by atoms with Crippen molar-refractivity contribution < 1.29 is 17.9 Å². The molecule has 1 heterocycles. The van der Waals surface area contributed by atoms with E-state index in [0.717, 1.165) is 5.46 Å². The molecule has 0 aromatic heterocycles. The van der Waals surface area contributed by atoms with E-state index in [9.17, 15) is 8.42 Å². The molecule has 0 unspecified atom stereocenters. The Kier molecular flexibility index (Phi) is 4.49. The maximum Gasteiger partial charge on any atom is 0.244 e. The van der Waals surface area contributed by atoms with Crippen LogP contribution in [0.2, 0.25) is 0 Å². The average Bonchev–Trinajstić information content (AvgIpc) is 2.39. The van der Waals surface area contributed by atoms with E-state index >= 15 is 0 Å². The quantitative estimate of drug-likeness (QED) is 0.750. The van der Waals surface area contributed by atoms with Crippen molar-refractivity contribution in [3.8, 4) is 5.75 Å². The second-order valence-corrected chi connectivity index (χ2v) is 6.34. The Morgan fingerprint density at radius 1 is 1.37 bits per heavy atom. The Labute approximate surface area is 114 Å². The maximum absolute atomic E-state index is 12.4. The van der Waals surface area contributed by atoms with Gasteiger partial charge in [0.05, 0.1) is 7.11 Å². The van der Waals surface area contributed by atoms with E-state index in [-0.39, 0.29) is 10.9 Å². The maximum atomic E-state index is 12.4. The third kappa shape index (κ3) is 3.49. The second kappa shape index (κ2) is 5.94. The fraction of sp³-hybridized carbons (Fsp3) is 0.500. The molecule has 0 spiro atoms. The van der Waals surface area contributed by atoms with E-state index < -0.39 is 10.0 Å².